The number of nitrogens with zero attached hydrogens (tertiary/aromatic N) is 2. The first-order valence-corrected chi connectivity index (χ1v) is 5.83. The van der Waals surface area contributed by atoms with Gasteiger partial charge in [-0.1, -0.05) is 35.6 Å². The maximum absolute atomic E-state index is 5.61. The highest BCUT2D eigenvalue weighted by atomic mass is 32.1. The first-order valence-electron chi connectivity index (χ1n) is 5.01. The lowest BCUT2D eigenvalue weighted by molar-refractivity contribution is 0.766. The summed E-state index contributed by atoms with van der Waals surface area (Å²) < 4.78 is 0. The first-order chi connectivity index (χ1) is 7.34. The topological polar surface area (TPSA) is 51.8 Å². The average molecular weight is 217 g/mol. The predicted molar refractivity (Wildman–Crippen MR) is 60.9 cm³/mol. The molecule has 4 heteroatoms. The van der Waals surface area contributed by atoms with Crippen molar-refractivity contribution in [2.45, 2.75) is 18.8 Å². The van der Waals surface area contributed by atoms with Crippen LogP contribution in [0.15, 0.2) is 24.3 Å². The van der Waals surface area contributed by atoms with Gasteiger partial charge in [-0.05, 0) is 24.0 Å². The minimum atomic E-state index is 0.413. The lowest BCUT2D eigenvalue weighted by atomic mass is 10.0. The van der Waals surface area contributed by atoms with Crippen LogP contribution < -0.4 is 5.73 Å². The van der Waals surface area contributed by atoms with Crippen molar-refractivity contribution in [1.29, 1.82) is 0 Å². The van der Waals surface area contributed by atoms with E-state index in [1.54, 1.807) is 0 Å². The molecule has 0 bridgehead atoms. The van der Waals surface area contributed by atoms with Crippen LogP contribution >= 0.6 is 11.3 Å². The number of anilines is 1. The molecule has 2 N–H and O–H groups in total. The van der Waals surface area contributed by atoms with Crippen LogP contribution in [0.2, 0.25) is 0 Å². The van der Waals surface area contributed by atoms with Crippen LogP contribution in [-0.2, 0) is 6.42 Å². The van der Waals surface area contributed by atoms with E-state index in [4.69, 9.17) is 5.73 Å². The molecular weight excluding hydrogens is 206 g/mol. The van der Waals surface area contributed by atoms with Crippen molar-refractivity contribution in [3.63, 3.8) is 0 Å². The zero-order valence-electron chi connectivity index (χ0n) is 8.18. The molecule has 0 fully saturated rings. The van der Waals surface area contributed by atoms with Crippen LogP contribution in [0, 0.1) is 0 Å². The fourth-order valence-corrected chi connectivity index (χ4v) is 2.97. The molecule has 1 aromatic carbocycles. The first kappa shape index (κ1) is 8.85. The highest BCUT2D eigenvalue weighted by Crippen LogP contribution is 2.39. The van der Waals surface area contributed by atoms with E-state index in [9.17, 15) is 0 Å². The van der Waals surface area contributed by atoms with Crippen molar-refractivity contribution >= 4 is 16.5 Å². The number of aromatic nitrogens is 2. The molecule has 0 saturated heterocycles. The van der Waals surface area contributed by atoms with Crippen LogP contribution in [0.25, 0.3) is 0 Å². The van der Waals surface area contributed by atoms with Crippen LogP contribution in [0.4, 0.5) is 5.13 Å². The SMILES string of the molecule is Nc1nnc(C2CCc3ccccc32)s1. The molecular formula is C11H11N3S. The van der Waals surface area contributed by atoms with Crippen molar-refractivity contribution in [3.8, 4) is 0 Å². The number of nitrogen functional groups attached to an aromatic ring is 1. The third-order valence-corrected chi connectivity index (χ3v) is 3.75. The summed E-state index contributed by atoms with van der Waals surface area (Å²) in [5.41, 5.74) is 8.45. The number of fused-ring (bicyclic) bond motifs is 1. The highest BCUT2D eigenvalue weighted by molar-refractivity contribution is 7.15. The van der Waals surface area contributed by atoms with E-state index in [1.807, 2.05) is 0 Å². The molecule has 3 rings (SSSR count). The zero-order valence-corrected chi connectivity index (χ0v) is 9.00. The Morgan fingerprint density at radius 1 is 1.27 bits per heavy atom. The predicted octanol–water partition coefficient (Wildman–Crippen LogP) is 2.20. The van der Waals surface area contributed by atoms with E-state index in [-0.39, 0.29) is 0 Å². The molecule has 1 unspecified atom stereocenters. The Kier molecular flexibility index (Phi) is 1.95. The number of benzene rings is 1. The van der Waals surface area contributed by atoms with Gasteiger partial charge in [-0.2, -0.15) is 0 Å². The zero-order chi connectivity index (χ0) is 10.3. The second-order valence-electron chi connectivity index (χ2n) is 3.77. The van der Waals surface area contributed by atoms with Crippen LogP contribution in [0.1, 0.15) is 28.5 Å². The molecule has 1 atom stereocenters. The molecule has 2 aromatic rings. The molecule has 0 aliphatic heterocycles. The van der Waals surface area contributed by atoms with Crippen LogP contribution in [0.3, 0.4) is 0 Å². The van der Waals surface area contributed by atoms with E-state index < -0.39 is 0 Å². The number of hydrogen-bond acceptors (Lipinski definition) is 4. The standard InChI is InChI=1S/C11H11N3S/c12-11-14-13-10(15-11)9-6-5-7-3-1-2-4-8(7)9/h1-4,9H,5-6H2,(H2,12,14). The summed E-state index contributed by atoms with van der Waals surface area (Å²) in [7, 11) is 0. The summed E-state index contributed by atoms with van der Waals surface area (Å²) >= 11 is 1.50. The maximum atomic E-state index is 5.61. The second-order valence-corrected chi connectivity index (χ2v) is 4.81. The van der Waals surface area contributed by atoms with Crippen molar-refractivity contribution in [1.82, 2.24) is 10.2 Å². The Hall–Kier alpha value is -1.42. The van der Waals surface area contributed by atoms with Crippen LogP contribution in [0.5, 0.6) is 0 Å². The highest BCUT2D eigenvalue weighted by Gasteiger charge is 2.26. The number of aryl methyl sites for hydroxylation is 1. The van der Waals surface area contributed by atoms with E-state index in [0.29, 0.717) is 11.0 Å². The molecule has 1 heterocycles. The van der Waals surface area contributed by atoms with Crippen molar-refractivity contribution in [2.24, 2.45) is 0 Å². The quantitative estimate of drug-likeness (QED) is 0.796. The Morgan fingerprint density at radius 3 is 2.93 bits per heavy atom. The van der Waals surface area contributed by atoms with Gasteiger partial charge in [0.15, 0.2) is 0 Å². The van der Waals surface area contributed by atoms with Crippen LogP contribution in [-0.4, -0.2) is 10.2 Å². The summed E-state index contributed by atoms with van der Waals surface area (Å²) in [5, 5.41) is 9.64. The monoisotopic (exact) mass is 217 g/mol. The molecule has 0 amide bonds. The number of rotatable bonds is 1. The fraction of sp³-hybridized carbons (Fsp3) is 0.273. The van der Waals surface area contributed by atoms with E-state index in [1.165, 1.54) is 22.5 Å². The lowest BCUT2D eigenvalue weighted by Crippen LogP contribution is -1.94. The van der Waals surface area contributed by atoms with Crippen molar-refractivity contribution < 1.29 is 0 Å². The smallest absolute Gasteiger partial charge is 0.203 e. The van der Waals surface area contributed by atoms with Gasteiger partial charge in [-0.15, -0.1) is 10.2 Å². The summed E-state index contributed by atoms with van der Waals surface area (Å²) in [4.78, 5) is 0. The third kappa shape index (κ3) is 1.41. The van der Waals surface area contributed by atoms with Gasteiger partial charge in [-0.3, -0.25) is 0 Å². The van der Waals surface area contributed by atoms with Gasteiger partial charge in [-0.25, -0.2) is 0 Å². The van der Waals surface area contributed by atoms with E-state index in [0.717, 1.165) is 17.8 Å². The van der Waals surface area contributed by atoms with E-state index in [2.05, 4.69) is 34.5 Å². The summed E-state index contributed by atoms with van der Waals surface area (Å²) in [6.45, 7) is 0. The summed E-state index contributed by atoms with van der Waals surface area (Å²) in [6.07, 6.45) is 2.27. The van der Waals surface area contributed by atoms with Gasteiger partial charge in [0.1, 0.15) is 5.01 Å². The molecule has 0 spiro atoms. The third-order valence-electron chi connectivity index (χ3n) is 2.89. The Bertz CT molecular complexity index is 492. The average Bonchev–Trinajstić information content (AvgIpc) is 2.83. The van der Waals surface area contributed by atoms with Gasteiger partial charge in [0.05, 0.1) is 0 Å². The Labute approximate surface area is 92.0 Å². The summed E-state index contributed by atoms with van der Waals surface area (Å²) in [5.74, 6) is 0.413. The molecule has 76 valence electrons. The van der Waals surface area contributed by atoms with E-state index >= 15 is 0 Å². The van der Waals surface area contributed by atoms with Crippen molar-refractivity contribution in [2.75, 3.05) is 5.73 Å². The van der Waals surface area contributed by atoms with Crippen molar-refractivity contribution in [3.05, 3.63) is 40.4 Å². The molecule has 1 aliphatic rings. The van der Waals surface area contributed by atoms with Gasteiger partial charge in [0.2, 0.25) is 5.13 Å². The minimum Gasteiger partial charge on any atom is -0.374 e. The number of hydrogen-bond donors (Lipinski definition) is 1. The largest absolute Gasteiger partial charge is 0.374 e. The molecule has 1 aliphatic carbocycles. The van der Waals surface area contributed by atoms with Gasteiger partial charge in [0.25, 0.3) is 0 Å². The second kappa shape index (κ2) is 3.31. The number of nitrogens with two attached hydrogens (primary N) is 1. The van der Waals surface area contributed by atoms with Gasteiger partial charge in [0, 0.05) is 5.92 Å². The lowest BCUT2D eigenvalue weighted by Gasteiger charge is -2.06. The molecule has 15 heavy (non-hydrogen) atoms. The minimum absolute atomic E-state index is 0.413. The molecule has 0 saturated carbocycles. The summed E-state index contributed by atoms with van der Waals surface area (Å²) in [6, 6.07) is 8.56. The maximum Gasteiger partial charge on any atom is 0.203 e. The fourth-order valence-electron chi connectivity index (χ4n) is 2.20. The van der Waals surface area contributed by atoms with Gasteiger partial charge < -0.3 is 5.73 Å². The molecule has 1 aromatic heterocycles. The normalized spacial score (nSPS) is 19.1. The Balaban J connectivity index is 2.04. The molecule has 0 radical (unpaired) electrons. The Morgan fingerprint density at radius 2 is 2.13 bits per heavy atom. The molecule has 3 nitrogen and oxygen atoms in total. The van der Waals surface area contributed by atoms with Gasteiger partial charge >= 0.3 is 0 Å².